The summed E-state index contributed by atoms with van der Waals surface area (Å²) in [5, 5.41) is 19.2. The Morgan fingerprint density at radius 2 is 1.01 bits per heavy atom. The Kier molecular flexibility index (Phi) is 36.1. The minimum Gasteiger partial charge on any atom is -0.565 e. The van der Waals surface area contributed by atoms with E-state index in [1.54, 1.807) is 51.1 Å². The van der Waals surface area contributed by atoms with Crippen molar-refractivity contribution < 1.29 is 90.6 Å². The first-order valence-corrected chi connectivity index (χ1v) is 30.4. The van der Waals surface area contributed by atoms with Gasteiger partial charge in [0.05, 0.1) is 85.5 Å². The molecule has 10 atom stereocenters. The SMILES string of the molecule is CCOC(=O)C1=C[C@@H](OC(CC)CC)[C@H](NC(C)=O)[C@@H](N)C1.CCOC(=O)C1=C[C@@H](OC(CC)CC)[C@H](NC(C)=O)[C@@H](N=[N+]=[N-])C1.CCOC(=O)C1=C[C@@H](OC(CC)CC)[C@H](NC(C)=O)[C@H](OS(=O)(=O)c2ccc(C)cc2)C1.O=[P+]([O-])OO.[HH]. The number of nitrogens with zero attached hydrogens (tertiary/aromatic N) is 3. The van der Waals surface area contributed by atoms with Crippen LogP contribution in [0.5, 0.6) is 0 Å². The fraction of sp³-hybridized carbons (Fsp3) is 0.673. The first-order valence-electron chi connectivity index (χ1n) is 27.9. The number of nitrogens with two attached hydrogens (primary N) is 1. The molecule has 3 aliphatic carbocycles. The summed E-state index contributed by atoms with van der Waals surface area (Å²) in [5.41, 5.74) is 17.1. The van der Waals surface area contributed by atoms with Gasteiger partial charge in [-0.3, -0.25) is 18.6 Å². The van der Waals surface area contributed by atoms with Gasteiger partial charge in [-0.15, -0.1) is 0 Å². The number of azide groups is 1. The molecule has 0 radical (unpaired) electrons. The van der Waals surface area contributed by atoms with Gasteiger partial charge in [-0.1, -0.05) is 64.4 Å². The molecule has 6 N–H and O–H groups in total. The van der Waals surface area contributed by atoms with Gasteiger partial charge in [-0.05, 0) is 120 Å². The molecule has 4 rings (SSSR count). The highest BCUT2D eigenvalue weighted by Gasteiger charge is 2.42. The number of carbonyl (C=O) groups excluding carboxylic acids is 6. The average molecular weight is 1220 g/mol. The van der Waals surface area contributed by atoms with E-state index in [-0.39, 0.29) is 92.0 Å². The largest absolute Gasteiger partial charge is 0.565 e. The summed E-state index contributed by atoms with van der Waals surface area (Å²) < 4.78 is 76.7. The average Bonchev–Trinajstić information content (AvgIpc) is 3.30. The molecular weight excluding hydrogens is 1130 g/mol. The second kappa shape index (κ2) is 39.8. The number of benzene rings is 1. The van der Waals surface area contributed by atoms with Crippen LogP contribution in [0.3, 0.4) is 0 Å². The number of rotatable bonds is 26. The van der Waals surface area contributed by atoms with Crippen LogP contribution in [0, 0.1) is 6.92 Å². The third-order valence-corrected chi connectivity index (χ3v) is 14.6. The molecule has 3 amide bonds. The number of nitrogens with one attached hydrogen (secondary N) is 3. The highest BCUT2D eigenvalue weighted by Crippen LogP contribution is 2.31. The quantitative estimate of drug-likeness (QED) is 0.00741. The van der Waals surface area contributed by atoms with Crippen molar-refractivity contribution in [1.82, 2.24) is 16.0 Å². The highest BCUT2D eigenvalue weighted by molar-refractivity contribution is 7.86. The molecule has 0 aliphatic heterocycles. The van der Waals surface area contributed by atoms with Crippen LogP contribution in [0.2, 0.25) is 0 Å². The van der Waals surface area contributed by atoms with E-state index >= 15 is 0 Å². The predicted octanol–water partition coefficient (Wildman–Crippen LogP) is 6.70. The summed E-state index contributed by atoms with van der Waals surface area (Å²) in [7, 11) is -7.20. The zero-order valence-corrected chi connectivity index (χ0v) is 51.7. The predicted molar refractivity (Wildman–Crippen MR) is 306 cm³/mol. The van der Waals surface area contributed by atoms with Gasteiger partial charge in [0.1, 0.15) is 6.10 Å². The number of hydrogen-bond acceptors (Lipinski definition) is 21. The maximum absolute atomic E-state index is 13.0. The normalized spacial score (nSPS) is 22.1. The summed E-state index contributed by atoms with van der Waals surface area (Å²) in [6, 6.07) is 3.62. The molecular formula is C55H90N7O19PS. The van der Waals surface area contributed by atoms with Crippen LogP contribution in [0.4, 0.5) is 0 Å². The number of amides is 3. The van der Waals surface area contributed by atoms with Crippen LogP contribution in [0.15, 0.2) is 69.2 Å². The van der Waals surface area contributed by atoms with Crippen LogP contribution in [-0.4, -0.2) is 142 Å². The zero-order valence-electron chi connectivity index (χ0n) is 50.0. The van der Waals surface area contributed by atoms with Gasteiger partial charge in [0.2, 0.25) is 17.7 Å². The van der Waals surface area contributed by atoms with Crippen molar-refractivity contribution in [3.63, 3.8) is 0 Å². The molecule has 0 heterocycles. The van der Waals surface area contributed by atoms with Crippen LogP contribution in [0.25, 0.3) is 10.4 Å². The van der Waals surface area contributed by atoms with E-state index in [0.717, 1.165) is 44.1 Å². The Bertz CT molecular complexity index is 2510. The standard InChI is InChI=1S/C23H33NO7S.C16H26N4O4.C16H28N2O4.HO4P.H2/c1-6-18(7-2)30-20-13-17(23(26)29-8-3)14-21(22(20)24-16(5)25)31-32(27,28)19-11-9-15(4)10-12-19;1-5-12(6-2)24-14-9-11(16(22)23-7-3)8-13(19-20-17)15(14)18-10(4)21;1-5-12(6-2)22-14-9-11(16(20)21-7-3)8-13(17)15(14)18-10(4)19;1-4-5(2)3;/h9-13,18,20-22H,6-8,14H2,1-5H3,(H,24,25);9,12-15H,5-8H2,1-4H3,(H,18,21);9,12-15H,5-8,17H2,1-4H3,(H,18,19);1H;1H/t20-,21-,22+;2*13-,14+,15+;;/m100../s1. The molecule has 0 aromatic heterocycles. The lowest BCUT2D eigenvalue weighted by Gasteiger charge is -2.37. The summed E-state index contributed by atoms with van der Waals surface area (Å²) in [4.78, 5) is 83.2. The van der Waals surface area contributed by atoms with Crippen LogP contribution in [0.1, 0.15) is 148 Å². The summed E-state index contributed by atoms with van der Waals surface area (Å²) in [6.45, 7) is 24.0. The molecule has 1 unspecified atom stereocenters. The van der Waals surface area contributed by atoms with Gasteiger partial charge < -0.3 is 55.0 Å². The number of esters is 3. The number of aryl methyl sites for hydroxylation is 1. The molecule has 26 nitrogen and oxygen atoms in total. The molecule has 0 saturated heterocycles. The van der Waals surface area contributed by atoms with Crippen molar-refractivity contribution >= 4 is 54.0 Å². The highest BCUT2D eigenvalue weighted by atomic mass is 32.2. The van der Waals surface area contributed by atoms with Crippen molar-refractivity contribution in [2.75, 3.05) is 19.8 Å². The fourth-order valence-corrected chi connectivity index (χ4v) is 10.0. The lowest BCUT2D eigenvalue weighted by Crippen LogP contribution is -2.57. The molecule has 83 heavy (non-hydrogen) atoms. The zero-order chi connectivity index (χ0) is 63.0. The van der Waals surface area contributed by atoms with Crippen LogP contribution < -0.4 is 26.6 Å². The molecule has 0 saturated carbocycles. The van der Waals surface area contributed by atoms with E-state index in [4.69, 9.17) is 58.6 Å². The molecule has 28 heteroatoms. The molecule has 1 aromatic rings. The minimum absolute atomic E-state index is 0. The summed E-state index contributed by atoms with van der Waals surface area (Å²) >= 11 is 0. The lowest BCUT2D eigenvalue weighted by molar-refractivity contribution is -0.244. The number of hydrogen-bond donors (Lipinski definition) is 5. The molecule has 0 bridgehead atoms. The smallest absolute Gasteiger partial charge is 0.521 e. The molecule has 1 aromatic carbocycles. The van der Waals surface area contributed by atoms with Gasteiger partial charge in [-0.25, -0.2) is 19.6 Å². The van der Waals surface area contributed by atoms with E-state index in [0.29, 0.717) is 24.2 Å². The third-order valence-electron chi connectivity index (χ3n) is 13.1. The third kappa shape index (κ3) is 26.8. The van der Waals surface area contributed by atoms with Crippen molar-refractivity contribution in [1.29, 1.82) is 0 Å². The maximum Gasteiger partial charge on any atom is 0.521 e. The molecule has 0 spiro atoms. The second-order valence-corrected chi connectivity index (χ2v) is 21.5. The van der Waals surface area contributed by atoms with E-state index in [2.05, 4.69) is 30.7 Å². The molecule has 3 aliphatic rings. The Morgan fingerprint density at radius 3 is 1.37 bits per heavy atom. The lowest BCUT2D eigenvalue weighted by atomic mass is 9.88. The van der Waals surface area contributed by atoms with E-state index in [1.807, 2.05) is 48.5 Å². The first kappa shape index (κ1) is 75.3. The van der Waals surface area contributed by atoms with Crippen LogP contribution in [-0.2, 0) is 80.7 Å². The maximum atomic E-state index is 13.0. The Labute approximate surface area is 490 Å². The first-order chi connectivity index (χ1) is 39.3. The Hall–Kier alpha value is -5.70. The van der Waals surface area contributed by atoms with Gasteiger partial charge in [0, 0.05) is 61.0 Å². The van der Waals surface area contributed by atoms with E-state index in [9.17, 15) is 37.2 Å². The molecule has 0 fully saturated rings. The molecule has 470 valence electrons. The van der Waals surface area contributed by atoms with Gasteiger partial charge in [0.15, 0.2) is 0 Å². The van der Waals surface area contributed by atoms with Crippen molar-refractivity contribution in [2.24, 2.45) is 10.8 Å². The summed E-state index contributed by atoms with van der Waals surface area (Å²) in [5.74, 6) is -2.14. The topological polar surface area (TPSA) is 382 Å². The number of carbonyl (C=O) groups is 6. The van der Waals surface area contributed by atoms with Crippen molar-refractivity contribution in [3.8, 4) is 0 Å². The Morgan fingerprint density at radius 1 is 0.663 bits per heavy atom. The fourth-order valence-electron chi connectivity index (χ4n) is 8.91. The number of ether oxygens (including phenoxy) is 6. The van der Waals surface area contributed by atoms with Crippen LogP contribution >= 0.6 is 8.25 Å². The summed E-state index contributed by atoms with van der Waals surface area (Å²) in [6.07, 6.45) is 7.45. The van der Waals surface area contributed by atoms with Gasteiger partial charge in [0.25, 0.3) is 10.1 Å². The minimum atomic E-state index is -4.16. The van der Waals surface area contributed by atoms with E-state index in [1.165, 1.54) is 32.9 Å². The van der Waals surface area contributed by atoms with Crippen molar-refractivity contribution in [3.05, 3.63) is 75.2 Å². The second-order valence-electron chi connectivity index (χ2n) is 19.3. The van der Waals surface area contributed by atoms with Crippen molar-refractivity contribution in [2.45, 2.75) is 226 Å². The van der Waals surface area contributed by atoms with Gasteiger partial charge in [-0.2, -0.15) is 8.42 Å². The van der Waals surface area contributed by atoms with Gasteiger partial charge >= 0.3 is 26.2 Å². The van der Waals surface area contributed by atoms with E-state index < -0.39 is 72.9 Å². The Balaban J connectivity index is 0.00000120. The monoisotopic (exact) mass is 1220 g/mol.